The first-order valence-electron chi connectivity index (χ1n) is 11.2. The van der Waals surface area contributed by atoms with E-state index in [0.717, 1.165) is 11.1 Å². The van der Waals surface area contributed by atoms with Gasteiger partial charge in [0.15, 0.2) is 12.1 Å². The van der Waals surface area contributed by atoms with Crippen molar-refractivity contribution < 1.29 is 49.5 Å². The average Bonchev–Trinajstić information content (AvgIpc) is 3.29. The molecule has 0 radical (unpaired) electrons. The molecule has 2 aromatic rings. The minimum absolute atomic E-state index is 0.0330. The molecule has 2 heterocycles. The fraction of sp³-hybridized carbons (Fsp3) is 0.500. The van der Waals surface area contributed by atoms with E-state index >= 15 is 0 Å². The number of rotatable bonds is 10. The number of halogens is 3. The summed E-state index contributed by atoms with van der Waals surface area (Å²) in [5, 5.41) is 0. The van der Waals surface area contributed by atoms with E-state index in [1.165, 1.54) is 0 Å². The minimum atomic E-state index is -5.85. The fourth-order valence-electron chi connectivity index (χ4n) is 4.00. The van der Waals surface area contributed by atoms with Gasteiger partial charge in [0.2, 0.25) is 0 Å². The van der Waals surface area contributed by atoms with E-state index in [0.29, 0.717) is 0 Å². The largest absolute Gasteiger partial charge is 0.523 e. The number of fused-ring (bicyclic) bond motifs is 1. The maximum absolute atomic E-state index is 12.9. The van der Waals surface area contributed by atoms with Gasteiger partial charge in [-0.05, 0) is 25.0 Å². The Morgan fingerprint density at radius 1 is 0.944 bits per heavy atom. The fourth-order valence-corrected chi connectivity index (χ4v) is 4.45. The molecular weight excluding hydrogens is 505 g/mol. The van der Waals surface area contributed by atoms with Crippen LogP contribution < -0.4 is 0 Å². The molecule has 0 amide bonds. The van der Waals surface area contributed by atoms with Crippen LogP contribution in [0.1, 0.15) is 25.0 Å². The van der Waals surface area contributed by atoms with Gasteiger partial charge in [0, 0.05) is 0 Å². The summed E-state index contributed by atoms with van der Waals surface area (Å²) in [5.41, 5.74) is -4.02. The van der Waals surface area contributed by atoms with Gasteiger partial charge < -0.3 is 23.7 Å². The van der Waals surface area contributed by atoms with Gasteiger partial charge in [0.1, 0.15) is 24.4 Å². The Balaban J connectivity index is 1.56. The molecule has 5 atom stereocenters. The van der Waals surface area contributed by atoms with E-state index in [4.69, 9.17) is 23.7 Å². The summed E-state index contributed by atoms with van der Waals surface area (Å²) >= 11 is 0. The van der Waals surface area contributed by atoms with E-state index in [1.807, 2.05) is 30.3 Å². The molecule has 0 saturated carbocycles. The second-order valence-corrected chi connectivity index (χ2v) is 10.5. The van der Waals surface area contributed by atoms with Crippen LogP contribution in [-0.2, 0) is 51.2 Å². The topological polar surface area (TPSA) is 89.5 Å². The van der Waals surface area contributed by atoms with Crippen LogP contribution in [-0.4, -0.2) is 57.0 Å². The zero-order valence-electron chi connectivity index (χ0n) is 19.6. The Morgan fingerprint density at radius 3 is 2.11 bits per heavy atom. The zero-order chi connectivity index (χ0) is 26.0. The zero-order valence-corrected chi connectivity index (χ0v) is 20.4. The van der Waals surface area contributed by atoms with E-state index in [-0.39, 0.29) is 13.2 Å². The molecular formula is C24H27F3O8S. The molecule has 2 fully saturated rings. The maximum Gasteiger partial charge on any atom is 0.523 e. The molecule has 36 heavy (non-hydrogen) atoms. The Bertz CT molecular complexity index is 1100. The molecule has 0 bridgehead atoms. The summed E-state index contributed by atoms with van der Waals surface area (Å²) in [5.74, 6) is -0.981. The first kappa shape index (κ1) is 27.0. The van der Waals surface area contributed by atoms with E-state index in [1.54, 1.807) is 44.2 Å². The second kappa shape index (κ2) is 10.7. The molecule has 0 aromatic heterocycles. The van der Waals surface area contributed by atoms with Crippen molar-refractivity contribution >= 4 is 10.1 Å². The van der Waals surface area contributed by atoms with E-state index in [2.05, 4.69) is 4.18 Å². The molecule has 0 spiro atoms. The summed E-state index contributed by atoms with van der Waals surface area (Å²) in [6.07, 6.45) is -4.78. The molecule has 2 saturated heterocycles. The van der Waals surface area contributed by atoms with Crippen molar-refractivity contribution in [2.75, 3.05) is 6.61 Å². The highest BCUT2D eigenvalue weighted by Gasteiger charge is 2.58. The number of alkyl halides is 3. The Morgan fingerprint density at radius 2 is 1.53 bits per heavy atom. The van der Waals surface area contributed by atoms with Gasteiger partial charge in [-0.25, -0.2) is 0 Å². The SMILES string of the molecule is CC1(C)O[C@H]2O[C@H]([C@@H](COS(=O)(=O)C(F)(F)F)OCc3ccccc3)[C@@H](OCc3ccccc3)[C@H]2O1. The van der Waals surface area contributed by atoms with E-state index in [9.17, 15) is 21.6 Å². The highest BCUT2D eigenvalue weighted by atomic mass is 32.2. The maximum atomic E-state index is 12.9. The average molecular weight is 533 g/mol. The molecule has 4 rings (SSSR count). The van der Waals surface area contributed by atoms with Gasteiger partial charge in [-0.15, -0.1) is 0 Å². The van der Waals surface area contributed by atoms with Gasteiger partial charge in [0.25, 0.3) is 0 Å². The molecule has 2 aliphatic heterocycles. The quantitative estimate of drug-likeness (QED) is 0.336. The lowest BCUT2D eigenvalue weighted by atomic mass is 10.1. The number of hydrogen-bond acceptors (Lipinski definition) is 8. The molecule has 0 unspecified atom stereocenters. The molecule has 0 aliphatic carbocycles. The molecule has 0 N–H and O–H groups in total. The lowest BCUT2D eigenvalue weighted by Gasteiger charge is -2.31. The first-order valence-corrected chi connectivity index (χ1v) is 12.6. The Kier molecular flexibility index (Phi) is 8.05. The summed E-state index contributed by atoms with van der Waals surface area (Å²) in [6.45, 7) is 2.55. The van der Waals surface area contributed by atoms with E-state index < -0.39 is 58.7 Å². The van der Waals surface area contributed by atoms with Gasteiger partial charge in [-0.1, -0.05) is 60.7 Å². The monoisotopic (exact) mass is 532 g/mol. The van der Waals surface area contributed by atoms with Crippen LogP contribution in [0.5, 0.6) is 0 Å². The lowest BCUT2D eigenvalue weighted by molar-refractivity contribution is -0.236. The van der Waals surface area contributed by atoms with Gasteiger partial charge in [-0.2, -0.15) is 21.6 Å². The van der Waals surface area contributed by atoms with Crippen LogP contribution in [0.25, 0.3) is 0 Å². The molecule has 198 valence electrons. The van der Waals surface area contributed by atoms with Crippen molar-refractivity contribution in [2.24, 2.45) is 0 Å². The van der Waals surface area contributed by atoms with Gasteiger partial charge in [-0.3, -0.25) is 4.18 Å². The van der Waals surface area contributed by atoms with Crippen molar-refractivity contribution in [3.8, 4) is 0 Å². The van der Waals surface area contributed by atoms with Crippen LogP contribution in [0, 0.1) is 0 Å². The third-order valence-corrected chi connectivity index (χ3v) is 6.67. The minimum Gasteiger partial charge on any atom is -0.368 e. The smallest absolute Gasteiger partial charge is 0.368 e. The van der Waals surface area contributed by atoms with Crippen LogP contribution in [0.2, 0.25) is 0 Å². The summed E-state index contributed by atoms with van der Waals surface area (Å²) in [6, 6.07) is 18.1. The van der Waals surface area contributed by atoms with Crippen molar-refractivity contribution in [3.63, 3.8) is 0 Å². The number of ether oxygens (including phenoxy) is 5. The van der Waals surface area contributed by atoms with Crippen LogP contribution in [0.3, 0.4) is 0 Å². The van der Waals surface area contributed by atoms with Crippen molar-refractivity contribution in [1.82, 2.24) is 0 Å². The Labute approximate surface area is 207 Å². The molecule has 8 nitrogen and oxygen atoms in total. The van der Waals surface area contributed by atoms with Crippen molar-refractivity contribution in [3.05, 3.63) is 71.8 Å². The molecule has 2 aliphatic rings. The van der Waals surface area contributed by atoms with Crippen LogP contribution in [0.15, 0.2) is 60.7 Å². The van der Waals surface area contributed by atoms with Crippen molar-refractivity contribution in [2.45, 2.75) is 69.1 Å². The standard InChI is InChI=1S/C24H27F3O8S/c1-23(2)34-21-20(31-14-17-11-7-4-8-12-17)19(33-22(21)35-23)18(15-32-36(28,29)24(25,26)27)30-13-16-9-5-3-6-10-16/h3-12,18-22H,13-15H2,1-2H3/t18-,19-,20-,21-,22-/m1/s1. The third-order valence-electron chi connectivity index (χ3n) is 5.66. The third kappa shape index (κ3) is 6.43. The van der Waals surface area contributed by atoms with Crippen LogP contribution in [0.4, 0.5) is 13.2 Å². The Hall–Kier alpha value is -2.06. The molecule has 12 heteroatoms. The number of hydrogen-bond donors (Lipinski definition) is 0. The predicted molar refractivity (Wildman–Crippen MR) is 120 cm³/mol. The van der Waals surface area contributed by atoms with Crippen molar-refractivity contribution in [1.29, 1.82) is 0 Å². The summed E-state index contributed by atoms with van der Waals surface area (Å²) < 4.78 is 95.9. The number of benzene rings is 2. The summed E-state index contributed by atoms with van der Waals surface area (Å²) in [7, 11) is -5.85. The first-order chi connectivity index (χ1) is 17.0. The molecule has 2 aromatic carbocycles. The van der Waals surface area contributed by atoms with Gasteiger partial charge >= 0.3 is 15.6 Å². The second-order valence-electron chi connectivity index (χ2n) is 8.85. The highest BCUT2D eigenvalue weighted by molar-refractivity contribution is 7.87. The van der Waals surface area contributed by atoms with Gasteiger partial charge in [0.05, 0.1) is 19.8 Å². The highest BCUT2D eigenvalue weighted by Crippen LogP contribution is 2.41. The lowest BCUT2D eigenvalue weighted by Crippen LogP contribution is -2.46. The van der Waals surface area contributed by atoms with Crippen LogP contribution >= 0.6 is 0 Å². The normalized spacial score (nSPS) is 26.6. The summed E-state index contributed by atoms with van der Waals surface area (Å²) in [4.78, 5) is 0. The predicted octanol–water partition coefficient (Wildman–Crippen LogP) is 3.90.